The predicted molar refractivity (Wildman–Crippen MR) is 107 cm³/mol. The second kappa shape index (κ2) is 9.48. The summed E-state index contributed by atoms with van der Waals surface area (Å²) in [5.41, 5.74) is 0.548. The number of nitrogens with one attached hydrogen (secondary N) is 2. The third-order valence-corrected chi connectivity index (χ3v) is 5.42. The van der Waals surface area contributed by atoms with Crippen molar-refractivity contribution in [1.82, 2.24) is 25.4 Å². The van der Waals surface area contributed by atoms with Gasteiger partial charge in [-0.15, -0.1) is 10.2 Å². The maximum atomic E-state index is 12.9. The maximum absolute atomic E-state index is 12.9. The van der Waals surface area contributed by atoms with E-state index in [1.165, 1.54) is 6.42 Å². The van der Waals surface area contributed by atoms with Crippen LogP contribution in [0.3, 0.4) is 0 Å². The van der Waals surface area contributed by atoms with Crippen molar-refractivity contribution >= 4 is 11.8 Å². The van der Waals surface area contributed by atoms with Crippen LogP contribution in [-0.4, -0.2) is 32.6 Å². The highest BCUT2D eigenvalue weighted by Crippen LogP contribution is 2.15. The third kappa shape index (κ3) is 4.77. The summed E-state index contributed by atoms with van der Waals surface area (Å²) in [5.74, 6) is 1.37. The van der Waals surface area contributed by atoms with Gasteiger partial charge in [-0.2, -0.15) is 0 Å². The molecule has 2 amide bonds. The van der Waals surface area contributed by atoms with E-state index >= 15 is 0 Å². The number of hydrogen-bond donors (Lipinski definition) is 2. The fourth-order valence-corrected chi connectivity index (χ4v) is 3.47. The molecule has 3 rings (SSSR count). The predicted octanol–water partition coefficient (Wildman–Crippen LogP) is 2.47. The first-order valence-electron chi connectivity index (χ1n) is 10.1. The van der Waals surface area contributed by atoms with E-state index in [0.717, 1.165) is 43.9 Å². The molecule has 2 atom stereocenters. The molecule has 0 saturated heterocycles. The molecule has 0 radical (unpaired) electrons. The van der Waals surface area contributed by atoms with Gasteiger partial charge in [0.25, 0.3) is 5.91 Å². The molecule has 1 aliphatic rings. The first-order valence-corrected chi connectivity index (χ1v) is 10.1. The molecule has 7 nitrogen and oxygen atoms in total. The largest absolute Gasteiger partial charge is 0.347 e. The summed E-state index contributed by atoms with van der Waals surface area (Å²) >= 11 is 0. The number of hydrogen-bond acceptors (Lipinski definition) is 4. The average Bonchev–Trinajstić information content (AvgIpc) is 2.95. The minimum Gasteiger partial charge on any atom is -0.347 e. The Balaban J connectivity index is 1.65. The summed E-state index contributed by atoms with van der Waals surface area (Å²) in [5, 5.41) is 14.4. The highest BCUT2D eigenvalue weighted by atomic mass is 16.2. The normalized spacial score (nSPS) is 15.8. The molecular weight excluding hydrogens is 354 g/mol. The zero-order valence-corrected chi connectivity index (χ0v) is 16.6. The summed E-state index contributed by atoms with van der Waals surface area (Å²) in [6.07, 6.45) is 5.15. The van der Waals surface area contributed by atoms with E-state index < -0.39 is 6.04 Å². The number of carbonyl (C=O) groups excluding carboxylic acids is 2. The van der Waals surface area contributed by atoms with Gasteiger partial charge in [0.2, 0.25) is 5.91 Å². The molecule has 28 heavy (non-hydrogen) atoms. The number of aromatic nitrogens is 3. The molecule has 1 aliphatic heterocycles. The van der Waals surface area contributed by atoms with Crippen molar-refractivity contribution < 1.29 is 9.59 Å². The highest BCUT2D eigenvalue weighted by molar-refractivity contribution is 5.97. The van der Waals surface area contributed by atoms with Crippen LogP contribution in [0.1, 0.15) is 61.5 Å². The van der Waals surface area contributed by atoms with E-state index in [9.17, 15) is 9.59 Å². The van der Waals surface area contributed by atoms with Gasteiger partial charge < -0.3 is 15.2 Å². The number of carbonyl (C=O) groups is 2. The SMILES string of the molecule is CCC(C)C(NC(=O)c1ccccc1)C(=O)NCc1nnc2n1CCCCC2. The average molecular weight is 383 g/mol. The molecule has 2 N–H and O–H groups in total. The monoisotopic (exact) mass is 383 g/mol. The van der Waals surface area contributed by atoms with Crippen LogP contribution in [0.5, 0.6) is 0 Å². The number of nitrogens with zero attached hydrogens (tertiary/aromatic N) is 3. The molecule has 2 aromatic rings. The van der Waals surface area contributed by atoms with Crippen molar-refractivity contribution in [2.45, 2.75) is 65.1 Å². The van der Waals surface area contributed by atoms with Crippen LogP contribution in [0.25, 0.3) is 0 Å². The van der Waals surface area contributed by atoms with Crippen molar-refractivity contribution in [3.05, 3.63) is 47.5 Å². The van der Waals surface area contributed by atoms with Crippen LogP contribution in [-0.2, 0) is 24.3 Å². The van der Waals surface area contributed by atoms with E-state index in [4.69, 9.17) is 0 Å². The van der Waals surface area contributed by atoms with Crippen molar-refractivity contribution in [1.29, 1.82) is 0 Å². The fraction of sp³-hybridized carbons (Fsp3) is 0.524. The lowest BCUT2D eigenvalue weighted by Crippen LogP contribution is -2.50. The molecule has 0 spiro atoms. The summed E-state index contributed by atoms with van der Waals surface area (Å²) in [7, 11) is 0. The zero-order chi connectivity index (χ0) is 19.9. The lowest BCUT2D eigenvalue weighted by molar-refractivity contribution is -0.124. The Kier molecular flexibility index (Phi) is 6.79. The van der Waals surface area contributed by atoms with Crippen LogP contribution in [0.15, 0.2) is 30.3 Å². The molecule has 0 aliphatic carbocycles. The van der Waals surface area contributed by atoms with Gasteiger partial charge in [-0.05, 0) is 30.9 Å². The third-order valence-electron chi connectivity index (χ3n) is 5.42. The van der Waals surface area contributed by atoms with Crippen LogP contribution in [0.4, 0.5) is 0 Å². The lowest BCUT2D eigenvalue weighted by atomic mass is 9.98. The molecular formula is C21H29N5O2. The number of benzene rings is 1. The van der Waals surface area contributed by atoms with Crippen molar-refractivity contribution in [2.24, 2.45) is 5.92 Å². The van der Waals surface area contributed by atoms with Crippen molar-refractivity contribution in [2.75, 3.05) is 0 Å². The molecule has 150 valence electrons. The smallest absolute Gasteiger partial charge is 0.251 e. The number of amides is 2. The molecule has 0 fully saturated rings. The van der Waals surface area contributed by atoms with E-state index in [-0.39, 0.29) is 17.7 Å². The first-order chi connectivity index (χ1) is 13.6. The van der Waals surface area contributed by atoms with Gasteiger partial charge in [0.1, 0.15) is 11.9 Å². The van der Waals surface area contributed by atoms with Crippen LogP contribution < -0.4 is 10.6 Å². The Morgan fingerprint density at radius 3 is 2.68 bits per heavy atom. The minimum atomic E-state index is -0.593. The van der Waals surface area contributed by atoms with E-state index in [1.54, 1.807) is 12.1 Å². The molecule has 0 saturated carbocycles. The van der Waals surface area contributed by atoms with Crippen LogP contribution in [0.2, 0.25) is 0 Å². The summed E-state index contributed by atoms with van der Waals surface area (Å²) in [6, 6.07) is 8.37. The fourth-order valence-electron chi connectivity index (χ4n) is 3.47. The van der Waals surface area contributed by atoms with E-state index in [1.807, 2.05) is 32.0 Å². The highest BCUT2D eigenvalue weighted by Gasteiger charge is 2.26. The Hall–Kier alpha value is -2.70. The molecule has 2 heterocycles. The van der Waals surface area contributed by atoms with Gasteiger partial charge in [-0.25, -0.2) is 0 Å². The number of rotatable bonds is 7. The van der Waals surface area contributed by atoms with Gasteiger partial charge in [-0.1, -0.05) is 44.9 Å². The van der Waals surface area contributed by atoms with Crippen LogP contribution >= 0.6 is 0 Å². The van der Waals surface area contributed by atoms with E-state index in [2.05, 4.69) is 25.4 Å². The summed E-state index contributed by atoms with van der Waals surface area (Å²) in [4.78, 5) is 25.4. The topological polar surface area (TPSA) is 88.9 Å². The van der Waals surface area contributed by atoms with Gasteiger partial charge in [0, 0.05) is 18.5 Å². The van der Waals surface area contributed by atoms with E-state index in [0.29, 0.717) is 12.1 Å². The number of aryl methyl sites for hydroxylation is 1. The number of fused-ring (bicyclic) bond motifs is 1. The van der Waals surface area contributed by atoms with Crippen LogP contribution in [0, 0.1) is 5.92 Å². The molecule has 2 unspecified atom stereocenters. The zero-order valence-electron chi connectivity index (χ0n) is 16.6. The molecule has 1 aromatic heterocycles. The Morgan fingerprint density at radius 2 is 1.93 bits per heavy atom. The summed E-state index contributed by atoms with van der Waals surface area (Å²) < 4.78 is 2.12. The quantitative estimate of drug-likeness (QED) is 0.769. The minimum absolute atomic E-state index is 0.0168. The Labute approximate surface area is 165 Å². The summed E-state index contributed by atoms with van der Waals surface area (Å²) in [6.45, 7) is 5.20. The van der Waals surface area contributed by atoms with Gasteiger partial charge in [-0.3, -0.25) is 9.59 Å². The second-order valence-corrected chi connectivity index (χ2v) is 7.42. The van der Waals surface area contributed by atoms with Gasteiger partial charge in [0.05, 0.1) is 6.54 Å². The standard InChI is InChI=1S/C21H29N5O2/c1-3-15(2)19(23-20(27)16-10-6-4-7-11-16)21(28)22-14-18-25-24-17-12-8-5-9-13-26(17)18/h4,6-7,10-11,15,19H,3,5,8-9,12-14H2,1-2H3,(H,22,28)(H,23,27). The van der Waals surface area contributed by atoms with Gasteiger partial charge >= 0.3 is 0 Å². The Bertz CT molecular complexity index is 802. The Morgan fingerprint density at radius 1 is 1.14 bits per heavy atom. The molecule has 7 heteroatoms. The van der Waals surface area contributed by atoms with Crippen molar-refractivity contribution in [3.8, 4) is 0 Å². The van der Waals surface area contributed by atoms with Gasteiger partial charge in [0.15, 0.2) is 5.82 Å². The first kappa shape index (κ1) is 20.0. The maximum Gasteiger partial charge on any atom is 0.251 e. The molecule has 1 aromatic carbocycles. The van der Waals surface area contributed by atoms with Crippen molar-refractivity contribution in [3.63, 3.8) is 0 Å². The molecule has 0 bridgehead atoms. The second-order valence-electron chi connectivity index (χ2n) is 7.42. The lowest BCUT2D eigenvalue weighted by Gasteiger charge is -2.23.